The molecule has 2 rings (SSSR count). The van der Waals surface area contributed by atoms with Crippen LogP contribution < -0.4 is 14.8 Å². The average molecular weight is 281 g/mol. The first-order valence-corrected chi connectivity index (χ1v) is 6.81. The van der Waals surface area contributed by atoms with Crippen LogP contribution in [0.5, 0.6) is 11.5 Å². The third-order valence-electron chi connectivity index (χ3n) is 3.06. The highest BCUT2D eigenvalue weighted by atomic mass is 16.5. The Bertz CT molecular complexity index is 617. The number of para-hydroxylation sites is 1. The fourth-order valence-electron chi connectivity index (χ4n) is 2.03. The molecule has 0 fully saturated rings. The number of ether oxygens (including phenoxy) is 2. The summed E-state index contributed by atoms with van der Waals surface area (Å²) in [5.41, 5.74) is 2.27. The summed E-state index contributed by atoms with van der Waals surface area (Å²) in [5, 5.41) is 3.40. The van der Waals surface area contributed by atoms with Crippen molar-refractivity contribution in [3.63, 3.8) is 0 Å². The van der Waals surface area contributed by atoms with Crippen molar-refractivity contribution in [2.45, 2.75) is 13.1 Å². The van der Waals surface area contributed by atoms with E-state index in [-0.39, 0.29) is 6.61 Å². The van der Waals surface area contributed by atoms with Gasteiger partial charge in [-0.2, -0.15) is 0 Å². The van der Waals surface area contributed by atoms with Gasteiger partial charge in [0.2, 0.25) is 0 Å². The van der Waals surface area contributed by atoms with Gasteiger partial charge in [0.1, 0.15) is 18.1 Å². The predicted octanol–water partition coefficient (Wildman–Crippen LogP) is 3.00. The molecule has 0 bridgehead atoms. The van der Waals surface area contributed by atoms with Crippen LogP contribution >= 0.6 is 0 Å². The van der Waals surface area contributed by atoms with Crippen molar-refractivity contribution in [3.8, 4) is 23.8 Å². The Hall–Kier alpha value is -2.44. The number of benzene rings is 2. The zero-order valence-electron chi connectivity index (χ0n) is 12.1. The second-order valence-corrected chi connectivity index (χ2v) is 4.56. The summed E-state index contributed by atoms with van der Waals surface area (Å²) in [6.45, 7) is 1.77. The second-order valence-electron chi connectivity index (χ2n) is 4.56. The van der Waals surface area contributed by atoms with Gasteiger partial charge in [0, 0.05) is 18.7 Å². The maximum absolute atomic E-state index is 5.53. The predicted molar refractivity (Wildman–Crippen MR) is 84.3 cm³/mol. The molecule has 2 aromatic carbocycles. The van der Waals surface area contributed by atoms with Crippen LogP contribution in [0, 0.1) is 12.3 Å². The zero-order valence-corrected chi connectivity index (χ0v) is 12.1. The average Bonchev–Trinajstić information content (AvgIpc) is 2.54. The highest BCUT2D eigenvalue weighted by molar-refractivity contribution is 5.34. The Kier molecular flexibility index (Phi) is 5.69. The molecular weight excluding hydrogens is 262 g/mol. The van der Waals surface area contributed by atoms with Gasteiger partial charge in [-0.05, 0) is 23.8 Å². The van der Waals surface area contributed by atoms with E-state index >= 15 is 0 Å². The molecule has 0 aliphatic heterocycles. The number of nitrogens with one attached hydrogen (secondary N) is 1. The van der Waals surface area contributed by atoms with Crippen molar-refractivity contribution in [2.24, 2.45) is 0 Å². The lowest BCUT2D eigenvalue weighted by Crippen LogP contribution is -2.13. The standard InChI is InChI=1S/C18H19NO2/c1-3-11-21-18-10-5-4-8-16(18)14-19-13-15-7-6-9-17(12-15)20-2/h1,4-10,12,19H,11,13-14H2,2H3. The van der Waals surface area contributed by atoms with Crippen molar-refractivity contribution in [1.29, 1.82) is 0 Å². The molecule has 0 saturated carbocycles. The summed E-state index contributed by atoms with van der Waals surface area (Å²) in [6.07, 6.45) is 5.23. The van der Waals surface area contributed by atoms with Gasteiger partial charge >= 0.3 is 0 Å². The Labute approximate surface area is 125 Å². The maximum Gasteiger partial charge on any atom is 0.148 e. The molecule has 2 aromatic rings. The van der Waals surface area contributed by atoms with Crippen molar-refractivity contribution in [2.75, 3.05) is 13.7 Å². The third-order valence-corrected chi connectivity index (χ3v) is 3.06. The van der Waals surface area contributed by atoms with E-state index in [1.807, 2.05) is 42.5 Å². The van der Waals surface area contributed by atoms with Gasteiger partial charge in [-0.15, -0.1) is 6.42 Å². The first kappa shape index (κ1) is 15.0. The number of methoxy groups -OCH3 is 1. The first-order chi connectivity index (χ1) is 10.3. The van der Waals surface area contributed by atoms with Gasteiger partial charge in [-0.1, -0.05) is 36.3 Å². The van der Waals surface area contributed by atoms with Gasteiger partial charge in [0.15, 0.2) is 0 Å². The molecule has 0 aliphatic carbocycles. The van der Waals surface area contributed by atoms with E-state index < -0.39 is 0 Å². The van der Waals surface area contributed by atoms with Gasteiger partial charge in [0.05, 0.1) is 7.11 Å². The third kappa shape index (κ3) is 4.55. The molecule has 1 N–H and O–H groups in total. The maximum atomic E-state index is 5.53. The number of hydrogen-bond acceptors (Lipinski definition) is 3. The zero-order chi connectivity index (χ0) is 14.9. The van der Waals surface area contributed by atoms with Crippen molar-refractivity contribution >= 4 is 0 Å². The summed E-state index contributed by atoms with van der Waals surface area (Å²) < 4.78 is 10.7. The molecule has 0 radical (unpaired) electrons. The van der Waals surface area contributed by atoms with E-state index in [0.29, 0.717) is 0 Å². The normalized spacial score (nSPS) is 9.90. The minimum absolute atomic E-state index is 0.285. The topological polar surface area (TPSA) is 30.5 Å². The molecule has 21 heavy (non-hydrogen) atoms. The molecule has 0 aromatic heterocycles. The summed E-state index contributed by atoms with van der Waals surface area (Å²) in [5.74, 6) is 4.18. The Morgan fingerprint density at radius 3 is 2.76 bits per heavy atom. The largest absolute Gasteiger partial charge is 0.497 e. The molecule has 3 heteroatoms. The van der Waals surface area contributed by atoms with Gasteiger partial charge in [-0.25, -0.2) is 0 Å². The van der Waals surface area contributed by atoms with Crippen molar-refractivity contribution in [3.05, 3.63) is 59.7 Å². The first-order valence-electron chi connectivity index (χ1n) is 6.81. The molecular formula is C18H19NO2. The second kappa shape index (κ2) is 7.98. The molecule has 3 nitrogen and oxygen atoms in total. The monoisotopic (exact) mass is 281 g/mol. The smallest absolute Gasteiger partial charge is 0.148 e. The lowest BCUT2D eigenvalue weighted by molar-refractivity contribution is 0.364. The SMILES string of the molecule is C#CCOc1ccccc1CNCc1cccc(OC)c1. The minimum atomic E-state index is 0.285. The molecule has 0 atom stereocenters. The van der Waals surface area contributed by atoms with Crippen molar-refractivity contribution in [1.82, 2.24) is 5.32 Å². The minimum Gasteiger partial charge on any atom is -0.497 e. The van der Waals surface area contributed by atoms with Crippen LogP contribution in [0.4, 0.5) is 0 Å². The van der Waals surface area contributed by atoms with E-state index in [2.05, 4.69) is 17.3 Å². The number of terminal acetylenes is 1. The fourth-order valence-corrected chi connectivity index (χ4v) is 2.03. The molecule has 0 heterocycles. The Morgan fingerprint density at radius 2 is 1.95 bits per heavy atom. The van der Waals surface area contributed by atoms with Crippen LogP contribution in [0.2, 0.25) is 0 Å². The van der Waals surface area contributed by atoms with E-state index in [1.54, 1.807) is 7.11 Å². The van der Waals surface area contributed by atoms with E-state index in [4.69, 9.17) is 15.9 Å². The van der Waals surface area contributed by atoms with Gasteiger partial charge in [-0.3, -0.25) is 0 Å². The van der Waals surface area contributed by atoms with Gasteiger partial charge < -0.3 is 14.8 Å². The molecule has 0 spiro atoms. The van der Waals surface area contributed by atoms with Crippen molar-refractivity contribution < 1.29 is 9.47 Å². The quantitative estimate of drug-likeness (QED) is 0.791. The summed E-state index contributed by atoms with van der Waals surface area (Å²) in [6, 6.07) is 15.9. The van der Waals surface area contributed by atoms with E-state index in [0.717, 1.165) is 30.2 Å². The summed E-state index contributed by atoms with van der Waals surface area (Å²) >= 11 is 0. The van der Waals surface area contributed by atoms with Crippen LogP contribution in [0.3, 0.4) is 0 Å². The fraction of sp³-hybridized carbons (Fsp3) is 0.222. The Morgan fingerprint density at radius 1 is 1.10 bits per heavy atom. The number of rotatable bonds is 7. The molecule has 0 unspecified atom stereocenters. The van der Waals surface area contributed by atoms with Crippen LogP contribution in [0.1, 0.15) is 11.1 Å². The molecule has 0 amide bonds. The molecule has 108 valence electrons. The highest BCUT2D eigenvalue weighted by Gasteiger charge is 2.02. The van der Waals surface area contributed by atoms with Crippen LogP contribution in [0.15, 0.2) is 48.5 Å². The summed E-state index contributed by atoms with van der Waals surface area (Å²) in [7, 11) is 1.67. The van der Waals surface area contributed by atoms with Crippen LogP contribution in [0.25, 0.3) is 0 Å². The number of hydrogen-bond donors (Lipinski definition) is 1. The van der Waals surface area contributed by atoms with E-state index in [1.165, 1.54) is 5.56 Å². The molecule has 0 aliphatic rings. The Balaban J connectivity index is 1.92. The highest BCUT2D eigenvalue weighted by Crippen LogP contribution is 2.18. The van der Waals surface area contributed by atoms with Crippen LogP contribution in [-0.4, -0.2) is 13.7 Å². The summed E-state index contributed by atoms with van der Waals surface area (Å²) in [4.78, 5) is 0. The molecule has 0 saturated heterocycles. The lowest BCUT2D eigenvalue weighted by Gasteiger charge is -2.11. The lowest BCUT2D eigenvalue weighted by atomic mass is 10.2. The van der Waals surface area contributed by atoms with E-state index in [9.17, 15) is 0 Å². The van der Waals surface area contributed by atoms with Crippen LogP contribution in [-0.2, 0) is 13.1 Å². The van der Waals surface area contributed by atoms with Gasteiger partial charge in [0.25, 0.3) is 0 Å².